The van der Waals surface area contributed by atoms with Gasteiger partial charge >= 0.3 is 0 Å². The smallest absolute Gasteiger partial charge is 0.139 e. The van der Waals surface area contributed by atoms with Gasteiger partial charge in [0.1, 0.15) is 5.78 Å². The first-order chi connectivity index (χ1) is 7.16. The average molecular weight is 203 g/mol. The van der Waals surface area contributed by atoms with Crippen LogP contribution in [0.25, 0.3) is 0 Å². The number of anilines is 1. The van der Waals surface area contributed by atoms with E-state index in [1.807, 2.05) is 6.92 Å². The lowest BCUT2D eigenvalue weighted by Gasteiger charge is -2.32. The van der Waals surface area contributed by atoms with Crippen LogP contribution in [0.4, 0.5) is 5.69 Å². The molecule has 0 spiro atoms. The van der Waals surface area contributed by atoms with Crippen molar-refractivity contribution in [1.82, 2.24) is 0 Å². The van der Waals surface area contributed by atoms with Crippen LogP contribution in [0.3, 0.4) is 0 Å². The van der Waals surface area contributed by atoms with Crippen LogP contribution < -0.4 is 4.90 Å². The molecule has 1 heterocycles. The van der Waals surface area contributed by atoms with E-state index in [0.717, 1.165) is 13.1 Å². The van der Waals surface area contributed by atoms with Gasteiger partial charge in [-0.05, 0) is 24.6 Å². The third-order valence-electron chi connectivity index (χ3n) is 3.04. The van der Waals surface area contributed by atoms with Gasteiger partial charge in [0, 0.05) is 31.1 Å². The first-order valence-corrected chi connectivity index (χ1v) is 5.51. The molecular weight excluding hydrogens is 186 g/mol. The minimum absolute atomic E-state index is 0.180. The van der Waals surface area contributed by atoms with Crippen molar-refractivity contribution < 1.29 is 4.79 Å². The van der Waals surface area contributed by atoms with Crippen molar-refractivity contribution in [2.75, 3.05) is 18.0 Å². The highest BCUT2D eigenvalue weighted by molar-refractivity contribution is 5.83. The molecule has 0 radical (unpaired) electrons. The second-order valence-corrected chi connectivity index (χ2v) is 4.40. The standard InChI is InChI=1S/C13H17NO/c1-10-4-3-5-12(8-10)14-7-6-13(15)11(2)9-14/h3-5,8,11H,6-7,9H2,1-2H3. The number of piperidine rings is 1. The first kappa shape index (κ1) is 10.2. The van der Waals surface area contributed by atoms with E-state index >= 15 is 0 Å². The van der Waals surface area contributed by atoms with Crippen LogP contribution in [0.2, 0.25) is 0 Å². The molecule has 2 heteroatoms. The first-order valence-electron chi connectivity index (χ1n) is 5.51. The molecule has 15 heavy (non-hydrogen) atoms. The van der Waals surface area contributed by atoms with Crippen molar-refractivity contribution >= 4 is 11.5 Å². The van der Waals surface area contributed by atoms with E-state index in [-0.39, 0.29) is 5.92 Å². The number of aryl methyl sites for hydroxylation is 1. The van der Waals surface area contributed by atoms with Crippen LogP contribution in [0, 0.1) is 12.8 Å². The number of carbonyl (C=O) groups excluding carboxylic acids is 1. The van der Waals surface area contributed by atoms with Crippen molar-refractivity contribution in [3.63, 3.8) is 0 Å². The van der Waals surface area contributed by atoms with Crippen LogP contribution >= 0.6 is 0 Å². The predicted molar refractivity (Wildman–Crippen MR) is 62.2 cm³/mol. The molecule has 0 amide bonds. The van der Waals surface area contributed by atoms with Crippen molar-refractivity contribution in [1.29, 1.82) is 0 Å². The topological polar surface area (TPSA) is 20.3 Å². The van der Waals surface area contributed by atoms with Gasteiger partial charge in [0.05, 0.1) is 0 Å². The molecule has 0 saturated carbocycles. The monoisotopic (exact) mass is 203 g/mol. The average Bonchev–Trinajstić information content (AvgIpc) is 2.22. The Hall–Kier alpha value is -1.31. The largest absolute Gasteiger partial charge is 0.370 e. The van der Waals surface area contributed by atoms with E-state index in [0.29, 0.717) is 12.2 Å². The molecular formula is C13H17NO. The number of Topliss-reactive ketones (excluding diaryl/α,β-unsaturated/α-hetero) is 1. The van der Waals surface area contributed by atoms with Gasteiger partial charge in [0.15, 0.2) is 0 Å². The number of hydrogen-bond acceptors (Lipinski definition) is 2. The van der Waals surface area contributed by atoms with Crippen molar-refractivity contribution in [3.05, 3.63) is 29.8 Å². The summed E-state index contributed by atoms with van der Waals surface area (Å²) >= 11 is 0. The van der Waals surface area contributed by atoms with Crippen LogP contribution in [0.5, 0.6) is 0 Å². The molecule has 80 valence electrons. The molecule has 1 fully saturated rings. The second-order valence-electron chi connectivity index (χ2n) is 4.40. The number of benzene rings is 1. The molecule has 0 aromatic heterocycles. The molecule has 0 N–H and O–H groups in total. The third-order valence-corrected chi connectivity index (χ3v) is 3.04. The van der Waals surface area contributed by atoms with E-state index in [2.05, 4.69) is 36.1 Å². The fraction of sp³-hybridized carbons (Fsp3) is 0.462. The summed E-state index contributed by atoms with van der Waals surface area (Å²) in [6.07, 6.45) is 0.690. The molecule has 2 nitrogen and oxygen atoms in total. The number of rotatable bonds is 1. The van der Waals surface area contributed by atoms with E-state index < -0.39 is 0 Å². The summed E-state index contributed by atoms with van der Waals surface area (Å²) in [5.74, 6) is 0.582. The molecule has 0 bridgehead atoms. The lowest BCUT2D eigenvalue weighted by Crippen LogP contribution is -2.39. The second kappa shape index (κ2) is 4.05. The Bertz CT molecular complexity index is 373. The fourth-order valence-corrected chi connectivity index (χ4v) is 2.07. The van der Waals surface area contributed by atoms with Crippen LogP contribution in [0.15, 0.2) is 24.3 Å². The van der Waals surface area contributed by atoms with Crippen LogP contribution in [-0.2, 0) is 4.79 Å². The number of ketones is 1. The van der Waals surface area contributed by atoms with Gasteiger partial charge in [-0.3, -0.25) is 4.79 Å². The fourth-order valence-electron chi connectivity index (χ4n) is 2.07. The van der Waals surface area contributed by atoms with Gasteiger partial charge < -0.3 is 4.90 Å². The van der Waals surface area contributed by atoms with Crippen molar-refractivity contribution in [3.8, 4) is 0 Å². The molecule has 1 aliphatic rings. The maximum Gasteiger partial charge on any atom is 0.139 e. The minimum Gasteiger partial charge on any atom is -0.370 e. The minimum atomic E-state index is 0.180. The van der Waals surface area contributed by atoms with Gasteiger partial charge in [-0.15, -0.1) is 0 Å². The molecule has 1 unspecified atom stereocenters. The van der Waals surface area contributed by atoms with Crippen LogP contribution in [0.1, 0.15) is 18.9 Å². The Balaban J connectivity index is 2.15. The highest BCUT2D eigenvalue weighted by Crippen LogP contribution is 2.21. The summed E-state index contributed by atoms with van der Waals surface area (Å²) < 4.78 is 0. The Morgan fingerprint density at radius 1 is 1.40 bits per heavy atom. The highest BCUT2D eigenvalue weighted by Gasteiger charge is 2.23. The predicted octanol–water partition coefficient (Wildman–Crippen LogP) is 2.41. The summed E-state index contributed by atoms with van der Waals surface area (Å²) in [6.45, 7) is 5.85. The van der Waals surface area contributed by atoms with Gasteiger partial charge in [0.25, 0.3) is 0 Å². The molecule has 1 atom stereocenters. The highest BCUT2D eigenvalue weighted by atomic mass is 16.1. The maximum absolute atomic E-state index is 11.4. The zero-order chi connectivity index (χ0) is 10.8. The summed E-state index contributed by atoms with van der Waals surface area (Å²) in [5.41, 5.74) is 2.52. The third kappa shape index (κ3) is 2.20. The Morgan fingerprint density at radius 2 is 2.20 bits per heavy atom. The van der Waals surface area contributed by atoms with E-state index in [1.54, 1.807) is 0 Å². The van der Waals surface area contributed by atoms with Gasteiger partial charge in [-0.25, -0.2) is 0 Å². The molecule has 2 rings (SSSR count). The Kier molecular flexibility index (Phi) is 2.76. The summed E-state index contributed by atoms with van der Waals surface area (Å²) in [4.78, 5) is 13.7. The Morgan fingerprint density at radius 3 is 2.87 bits per heavy atom. The summed E-state index contributed by atoms with van der Waals surface area (Å²) in [5, 5.41) is 0. The molecule has 1 saturated heterocycles. The molecule has 1 aliphatic heterocycles. The zero-order valence-corrected chi connectivity index (χ0v) is 9.36. The maximum atomic E-state index is 11.4. The van der Waals surface area contributed by atoms with Crippen molar-refractivity contribution in [2.24, 2.45) is 5.92 Å². The van der Waals surface area contributed by atoms with Crippen LogP contribution in [-0.4, -0.2) is 18.9 Å². The summed E-state index contributed by atoms with van der Waals surface area (Å²) in [6, 6.07) is 8.48. The lowest BCUT2D eigenvalue weighted by molar-refractivity contribution is -0.122. The van der Waals surface area contributed by atoms with Gasteiger partial charge in [-0.1, -0.05) is 19.1 Å². The number of hydrogen-bond donors (Lipinski definition) is 0. The lowest BCUT2D eigenvalue weighted by atomic mass is 9.98. The molecule has 1 aromatic carbocycles. The quantitative estimate of drug-likeness (QED) is 0.698. The summed E-state index contributed by atoms with van der Waals surface area (Å²) in [7, 11) is 0. The number of carbonyl (C=O) groups is 1. The zero-order valence-electron chi connectivity index (χ0n) is 9.36. The number of nitrogens with zero attached hydrogens (tertiary/aromatic N) is 1. The molecule has 0 aliphatic carbocycles. The SMILES string of the molecule is Cc1cccc(N2CCC(=O)C(C)C2)c1. The molecule has 1 aromatic rings. The van der Waals surface area contributed by atoms with Gasteiger partial charge in [0.2, 0.25) is 0 Å². The van der Waals surface area contributed by atoms with Gasteiger partial charge in [-0.2, -0.15) is 0 Å². The normalized spacial score (nSPS) is 21.9. The van der Waals surface area contributed by atoms with E-state index in [9.17, 15) is 4.79 Å². The Labute approximate surface area is 90.9 Å². The van der Waals surface area contributed by atoms with Crippen molar-refractivity contribution in [2.45, 2.75) is 20.3 Å². The van der Waals surface area contributed by atoms with E-state index in [1.165, 1.54) is 11.3 Å². The van der Waals surface area contributed by atoms with E-state index in [4.69, 9.17) is 0 Å².